The first-order valence-corrected chi connectivity index (χ1v) is 5.95. The van der Waals surface area contributed by atoms with Crippen LogP contribution in [-0.4, -0.2) is 17.9 Å². The van der Waals surface area contributed by atoms with Gasteiger partial charge in [-0.05, 0) is 39.0 Å². The topological polar surface area (TPSA) is 35.5 Å². The number of carbonyl (C=O) groups is 1. The van der Waals surface area contributed by atoms with Gasteiger partial charge in [-0.2, -0.15) is 0 Å². The fourth-order valence-corrected chi connectivity index (χ4v) is 2.66. The SMILES string of the molecule is CC(=O)CCC1CCC2(CC1)OC(C)O2. The van der Waals surface area contributed by atoms with Crippen LogP contribution < -0.4 is 0 Å². The molecular weight excluding hydrogens is 192 g/mol. The smallest absolute Gasteiger partial charge is 0.174 e. The van der Waals surface area contributed by atoms with Crippen molar-refractivity contribution in [1.29, 1.82) is 0 Å². The Hall–Kier alpha value is -0.410. The Labute approximate surface area is 91.1 Å². The Bertz CT molecular complexity index is 233. The predicted molar refractivity (Wildman–Crippen MR) is 56.2 cm³/mol. The maximum Gasteiger partial charge on any atom is 0.174 e. The van der Waals surface area contributed by atoms with Crippen molar-refractivity contribution in [3.05, 3.63) is 0 Å². The number of ether oxygens (including phenoxy) is 2. The Kier molecular flexibility index (Phi) is 3.12. The minimum Gasteiger partial charge on any atom is -0.321 e. The van der Waals surface area contributed by atoms with Gasteiger partial charge in [0.15, 0.2) is 12.1 Å². The Morgan fingerprint density at radius 1 is 1.33 bits per heavy atom. The lowest BCUT2D eigenvalue weighted by atomic mass is 9.81. The monoisotopic (exact) mass is 212 g/mol. The van der Waals surface area contributed by atoms with Gasteiger partial charge in [0.05, 0.1) is 0 Å². The quantitative estimate of drug-likeness (QED) is 0.721. The number of Topliss-reactive ketones (excluding diaryl/α,β-unsaturated/α-hetero) is 1. The van der Waals surface area contributed by atoms with Crippen molar-refractivity contribution in [2.24, 2.45) is 5.92 Å². The number of rotatable bonds is 3. The highest BCUT2D eigenvalue weighted by Gasteiger charge is 2.46. The lowest BCUT2D eigenvalue weighted by Gasteiger charge is -2.49. The second-order valence-electron chi connectivity index (χ2n) is 4.90. The molecule has 3 nitrogen and oxygen atoms in total. The lowest BCUT2D eigenvalue weighted by molar-refractivity contribution is -0.454. The van der Waals surface area contributed by atoms with Gasteiger partial charge in [-0.3, -0.25) is 0 Å². The van der Waals surface area contributed by atoms with Gasteiger partial charge in [0.1, 0.15) is 5.78 Å². The Balaban J connectivity index is 1.70. The Morgan fingerprint density at radius 2 is 1.93 bits per heavy atom. The van der Waals surface area contributed by atoms with Gasteiger partial charge in [0.25, 0.3) is 0 Å². The third-order valence-corrected chi connectivity index (χ3v) is 3.53. The molecule has 1 spiro atoms. The van der Waals surface area contributed by atoms with Crippen LogP contribution in [-0.2, 0) is 14.3 Å². The average molecular weight is 212 g/mol. The van der Waals surface area contributed by atoms with E-state index >= 15 is 0 Å². The summed E-state index contributed by atoms with van der Waals surface area (Å²) < 4.78 is 11.3. The molecular formula is C12H20O3. The first-order chi connectivity index (χ1) is 7.10. The fraction of sp³-hybridized carbons (Fsp3) is 0.917. The molecule has 3 heteroatoms. The van der Waals surface area contributed by atoms with Crippen LogP contribution in [0.2, 0.25) is 0 Å². The van der Waals surface area contributed by atoms with Gasteiger partial charge in [0, 0.05) is 19.3 Å². The second kappa shape index (κ2) is 4.22. The molecule has 1 aliphatic heterocycles. The first-order valence-electron chi connectivity index (χ1n) is 5.95. The Morgan fingerprint density at radius 3 is 2.40 bits per heavy atom. The first kappa shape index (κ1) is 11.1. The number of hydrogen-bond donors (Lipinski definition) is 0. The zero-order valence-corrected chi connectivity index (χ0v) is 9.62. The minimum atomic E-state index is -0.244. The lowest BCUT2D eigenvalue weighted by Crippen LogP contribution is -2.54. The van der Waals surface area contributed by atoms with Crippen molar-refractivity contribution in [2.75, 3.05) is 0 Å². The summed E-state index contributed by atoms with van der Waals surface area (Å²) in [4.78, 5) is 10.9. The van der Waals surface area contributed by atoms with Gasteiger partial charge in [-0.15, -0.1) is 0 Å². The molecule has 15 heavy (non-hydrogen) atoms. The zero-order chi connectivity index (χ0) is 10.9. The van der Waals surface area contributed by atoms with Gasteiger partial charge < -0.3 is 14.3 Å². The van der Waals surface area contributed by atoms with Crippen LogP contribution in [0.5, 0.6) is 0 Å². The highest BCUT2D eigenvalue weighted by Crippen LogP contribution is 2.44. The fourth-order valence-electron chi connectivity index (χ4n) is 2.66. The normalized spacial score (nSPS) is 40.1. The largest absolute Gasteiger partial charge is 0.321 e. The predicted octanol–water partition coefficient (Wildman–Crippen LogP) is 2.63. The second-order valence-corrected chi connectivity index (χ2v) is 4.90. The molecule has 0 bridgehead atoms. The van der Waals surface area contributed by atoms with E-state index in [0.717, 1.165) is 38.5 Å². The molecule has 0 unspecified atom stereocenters. The van der Waals surface area contributed by atoms with E-state index in [2.05, 4.69) is 0 Å². The maximum atomic E-state index is 10.9. The average Bonchev–Trinajstić information content (AvgIpc) is 2.15. The van der Waals surface area contributed by atoms with Crippen LogP contribution in [0.3, 0.4) is 0 Å². The molecule has 0 aromatic rings. The molecule has 86 valence electrons. The molecule has 0 atom stereocenters. The van der Waals surface area contributed by atoms with E-state index in [1.807, 2.05) is 6.92 Å². The van der Waals surface area contributed by atoms with Crippen LogP contribution in [0.15, 0.2) is 0 Å². The van der Waals surface area contributed by atoms with E-state index in [9.17, 15) is 4.79 Å². The van der Waals surface area contributed by atoms with E-state index in [0.29, 0.717) is 11.7 Å². The van der Waals surface area contributed by atoms with Crippen molar-refractivity contribution in [2.45, 2.75) is 64.4 Å². The van der Waals surface area contributed by atoms with Gasteiger partial charge in [-0.1, -0.05) is 0 Å². The van der Waals surface area contributed by atoms with E-state index in [1.165, 1.54) is 0 Å². The summed E-state index contributed by atoms with van der Waals surface area (Å²) >= 11 is 0. The van der Waals surface area contributed by atoms with Crippen molar-refractivity contribution >= 4 is 5.78 Å². The van der Waals surface area contributed by atoms with E-state index < -0.39 is 0 Å². The molecule has 0 amide bonds. The van der Waals surface area contributed by atoms with Crippen molar-refractivity contribution < 1.29 is 14.3 Å². The molecule has 2 fully saturated rings. The third kappa shape index (κ3) is 2.58. The summed E-state index contributed by atoms with van der Waals surface area (Å²) in [5.74, 6) is 0.759. The molecule has 2 aliphatic rings. The summed E-state index contributed by atoms with van der Waals surface area (Å²) in [7, 11) is 0. The summed E-state index contributed by atoms with van der Waals surface area (Å²) in [5.41, 5.74) is 0. The van der Waals surface area contributed by atoms with Gasteiger partial charge in [0.2, 0.25) is 0 Å². The molecule has 0 N–H and O–H groups in total. The highest BCUT2D eigenvalue weighted by atomic mass is 16.9. The molecule has 0 radical (unpaired) electrons. The number of carbonyl (C=O) groups excluding carboxylic acids is 1. The molecule has 0 aromatic carbocycles. The van der Waals surface area contributed by atoms with Crippen LogP contribution in [0.25, 0.3) is 0 Å². The minimum absolute atomic E-state index is 0.0150. The van der Waals surface area contributed by atoms with Crippen LogP contribution >= 0.6 is 0 Å². The van der Waals surface area contributed by atoms with Crippen molar-refractivity contribution in [1.82, 2.24) is 0 Å². The van der Waals surface area contributed by atoms with Gasteiger partial charge in [-0.25, -0.2) is 0 Å². The standard InChI is InChI=1S/C12H20O3/c1-9(13)3-4-11-5-7-12(8-6-11)14-10(2)15-12/h10-11H,3-8H2,1-2H3. The third-order valence-electron chi connectivity index (χ3n) is 3.53. The van der Waals surface area contributed by atoms with E-state index in [4.69, 9.17) is 9.47 Å². The van der Waals surface area contributed by atoms with Crippen molar-refractivity contribution in [3.8, 4) is 0 Å². The highest BCUT2D eigenvalue weighted by molar-refractivity contribution is 5.75. The van der Waals surface area contributed by atoms with Crippen LogP contribution in [0.4, 0.5) is 0 Å². The van der Waals surface area contributed by atoms with Crippen LogP contribution in [0.1, 0.15) is 52.4 Å². The van der Waals surface area contributed by atoms with Crippen LogP contribution in [0, 0.1) is 5.92 Å². The van der Waals surface area contributed by atoms with E-state index in [-0.39, 0.29) is 12.1 Å². The number of hydrogen-bond acceptors (Lipinski definition) is 3. The van der Waals surface area contributed by atoms with E-state index in [1.54, 1.807) is 6.92 Å². The zero-order valence-electron chi connectivity index (χ0n) is 9.62. The molecule has 0 aromatic heterocycles. The summed E-state index contributed by atoms with van der Waals surface area (Å²) in [6.07, 6.45) is 6.04. The van der Waals surface area contributed by atoms with Gasteiger partial charge >= 0.3 is 0 Å². The molecule has 1 aliphatic carbocycles. The van der Waals surface area contributed by atoms with Crippen molar-refractivity contribution in [3.63, 3.8) is 0 Å². The summed E-state index contributed by atoms with van der Waals surface area (Å²) in [6.45, 7) is 3.61. The molecule has 1 saturated carbocycles. The molecule has 1 heterocycles. The molecule has 2 rings (SSSR count). The number of ketones is 1. The maximum absolute atomic E-state index is 10.9. The summed E-state index contributed by atoms with van der Waals surface area (Å²) in [5, 5.41) is 0. The summed E-state index contributed by atoms with van der Waals surface area (Å²) in [6, 6.07) is 0. The molecule has 1 saturated heterocycles.